The van der Waals surface area contributed by atoms with E-state index in [0.29, 0.717) is 37.2 Å². The number of hydrogen-bond acceptors (Lipinski definition) is 5. The van der Waals surface area contributed by atoms with Crippen LogP contribution in [0.25, 0.3) is 6.08 Å². The van der Waals surface area contributed by atoms with Crippen molar-refractivity contribution in [3.63, 3.8) is 0 Å². The summed E-state index contributed by atoms with van der Waals surface area (Å²) in [6, 6.07) is 3.55. The molecule has 3 atom stereocenters. The van der Waals surface area contributed by atoms with Crippen LogP contribution in [0.15, 0.2) is 22.6 Å². The Labute approximate surface area is 148 Å². The van der Waals surface area contributed by atoms with Crippen molar-refractivity contribution in [1.82, 2.24) is 4.90 Å². The first-order valence-electron chi connectivity index (χ1n) is 8.67. The lowest BCUT2D eigenvalue weighted by molar-refractivity contribution is -0.128. The highest BCUT2D eigenvalue weighted by atomic mass is 32.2. The highest BCUT2D eigenvalue weighted by Crippen LogP contribution is 2.47. The van der Waals surface area contributed by atoms with E-state index in [4.69, 9.17) is 9.15 Å². The van der Waals surface area contributed by atoms with Gasteiger partial charge in [0.15, 0.2) is 9.84 Å². The van der Waals surface area contributed by atoms with Crippen LogP contribution in [0.5, 0.6) is 0 Å². The number of sulfone groups is 1. The third-order valence-electron chi connectivity index (χ3n) is 4.98. The fraction of sp³-hybridized carbons (Fsp3) is 0.611. The minimum atomic E-state index is -3.05. The van der Waals surface area contributed by atoms with Crippen molar-refractivity contribution in [2.45, 2.75) is 31.7 Å². The normalized spacial score (nSPS) is 27.7. The number of hydrogen-bond donors (Lipinski definition) is 0. The van der Waals surface area contributed by atoms with Crippen molar-refractivity contribution in [2.75, 3.05) is 31.8 Å². The summed E-state index contributed by atoms with van der Waals surface area (Å²) in [6.07, 6.45) is 4.74. The molecule has 1 saturated carbocycles. The van der Waals surface area contributed by atoms with Gasteiger partial charge in [-0.1, -0.05) is 6.92 Å². The van der Waals surface area contributed by atoms with E-state index in [1.54, 1.807) is 18.1 Å². The van der Waals surface area contributed by atoms with Crippen molar-refractivity contribution < 1.29 is 22.4 Å². The van der Waals surface area contributed by atoms with E-state index in [-0.39, 0.29) is 23.5 Å². The molecule has 0 N–H and O–H groups in total. The van der Waals surface area contributed by atoms with Gasteiger partial charge in [-0.05, 0) is 37.0 Å². The molecule has 0 bridgehead atoms. The van der Waals surface area contributed by atoms with Gasteiger partial charge in [-0.3, -0.25) is 4.79 Å². The van der Waals surface area contributed by atoms with Crippen LogP contribution < -0.4 is 0 Å². The summed E-state index contributed by atoms with van der Waals surface area (Å²) in [5, 5.41) is 0. The number of carbonyl (C=O) groups is 1. The van der Waals surface area contributed by atoms with Crippen molar-refractivity contribution >= 4 is 21.8 Å². The highest BCUT2D eigenvalue weighted by molar-refractivity contribution is 7.91. The molecule has 3 rings (SSSR count). The molecule has 1 aliphatic carbocycles. The number of ether oxygens (including phenoxy) is 1. The van der Waals surface area contributed by atoms with E-state index >= 15 is 0 Å². The molecule has 0 aromatic carbocycles. The Hall–Kier alpha value is -1.60. The van der Waals surface area contributed by atoms with E-state index in [2.05, 4.69) is 6.92 Å². The third kappa shape index (κ3) is 4.52. The Kier molecular flexibility index (Phi) is 5.34. The molecule has 2 fully saturated rings. The van der Waals surface area contributed by atoms with Gasteiger partial charge in [0.05, 0.1) is 18.1 Å². The largest absolute Gasteiger partial charge is 0.461 e. The number of furan rings is 1. The molecule has 7 heteroatoms. The van der Waals surface area contributed by atoms with Gasteiger partial charge >= 0.3 is 0 Å². The molecule has 2 aliphatic rings. The minimum Gasteiger partial charge on any atom is -0.461 e. The Bertz CT molecular complexity index is 751. The van der Waals surface area contributed by atoms with E-state index < -0.39 is 9.84 Å². The lowest BCUT2D eigenvalue weighted by atomic mass is 10.2. The summed E-state index contributed by atoms with van der Waals surface area (Å²) in [7, 11) is -1.49. The number of rotatable bonds is 7. The zero-order chi connectivity index (χ0) is 18.0. The van der Waals surface area contributed by atoms with E-state index in [1.807, 2.05) is 12.1 Å². The summed E-state index contributed by atoms with van der Waals surface area (Å²) in [5.41, 5.74) is 0. The molecule has 1 aromatic heterocycles. The summed E-state index contributed by atoms with van der Waals surface area (Å²) in [6.45, 7) is 2.94. The monoisotopic (exact) mass is 367 g/mol. The molecule has 0 radical (unpaired) electrons. The van der Waals surface area contributed by atoms with Crippen LogP contribution in [0.1, 0.15) is 37.2 Å². The summed E-state index contributed by atoms with van der Waals surface area (Å²) < 4.78 is 34.3. The highest BCUT2D eigenvalue weighted by Gasteiger charge is 2.36. The van der Waals surface area contributed by atoms with Gasteiger partial charge in [-0.15, -0.1) is 0 Å². The van der Waals surface area contributed by atoms with Crippen molar-refractivity contribution in [3.05, 3.63) is 29.7 Å². The van der Waals surface area contributed by atoms with Crippen LogP contribution in [0.2, 0.25) is 0 Å². The Morgan fingerprint density at radius 2 is 2.20 bits per heavy atom. The molecule has 1 saturated heterocycles. The molecular weight excluding hydrogens is 342 g/mol. The Morgan fingerprint density at radius 3 is 2.80 bits per heavy atom. The van der Waals surface area contributed by atoms with Crippen LogP contribution in [-0.2, 0) is 19.4 Å². The van der Waals surface area contributed by atoms with Crippen LogP contribution in [-0.4, -0.2) is 57.0 Å². The van der Waals surface area contributed by atoms with Crippen molar-refractivity contribution in [1.29, 1.82) is 0 Å². The van der Waals surface area contributed by atoms with Gasteiger partial charge in [0, 0.05) is 31.7 Å². The maximum absolute atomic E-state index is 12.6. The lowest BCUT2D eigenvalue weighted by Crippen LogP contribution is -2.42. The van der Waals surface area contributed by atoms with Crippen LogP contribution in [0, 0.1) is 5.92 Å². The topological polar surface area (TPSA) is 76.8 Å². The van der Waals surface area contributed by atoms with Crippen LogP contribution >= 0.6 is 0 Å². The Balaban J connectivity index is 1.66. The van der Waals surface area contributed by atoms with Gasteiger partial charge in [0.25, 0.3) is 0 Å². The van der Waals surface area contributed by atoms with Gasteiger partial charge in [0.1, 0.15) is 11.5 Å². The zero-order valence-electron chi connectivity index (χ0n) is 14.7. The fourth-order valence-electron chi connectivity index (χ4n) is 3.31. The predicted octanol–water partition coefficient (Wildman–Crippen LogP) is 2.08. The second kappa shape index (κ2) is 7.33. The summed E-state index contributed by atoms with van der Waals surface area (Å²) >= 11 is 0. The van der Waals surface area contributed by atoms with E-state index in [0.717, 1.165) is 12.2 Å². The second-order valence-electron chi connectivity index (χ2n) is 6.97. The number of nitrogens with zero attached hydrogens (tertiary/aromatic N) is 1. The van der Waals surface area contributed by atoms with E-state index in [1.165, 1.54) is 6.08 Å². The molecule has 1 amide bonds. The minimum absolute atomic E-state index is 0.0285. The predicted molar refractivity (Wildman–Crippen MR) is 94.9 cm³/mol. The third-order valence-corrected chi connectivity index (χ3v) is 6.73. The van der Waals surface area contributed by atoms with Gasteiger partial charge in [-0.25, -0.2) is 8.42 Å². The second-order valence-corrected chi connectivity index (χ2v) is 9.20. The lowest BCUT2D eigenvalue weighted by Gasteiger charge is -2.26. The van der Waals surface area contributed by atoms with Gasteiger partial charge < -0.3 is 14.1 Å². The Morgan fingerprint density at radius 1 is 1.44 bits per heavy atom. The van der Waals surface area contributed by atoms with Crippen molar-refractivity contribution in [2.24, 2.45) is 5.92 Å². The maximum atomic E-state index is 12.6. The standard InChI is InChI=1S/C18H25NO5S/c1-13-11-16(13)17-5-3-15(24-17)4-6-18(20)19(8-9-23-2)14-7-10-25(21,22)12-14/h3-6,13-14,16H,7-12H2,1-2H3/b6-4+. The molecule has 25 heavy (non-hydrogen) atoms. The number of amides is 1. The van der Waals surface area contributed by atoms with Gasteiger partial charge in [-0.2, -0.15) is 0 Å². The van der Waals surface area contributed by atoms with Gasteiger partial charge in [0.2, 0.25) is 5.91 Å². The first-order chi connectivity index (χ1) is 11.9. The maximum Gasteiger partial charge on any atom is 0.247 e. The number of carbonyl (C=O) groups excluding carboxylic acids is 1. The quantitative estimate of drug-likeness (QED) is 0.690. The molecule has 1 aliphatic heterocycles. The average molecular weight is 367 g/mol. The first-order valence-corrected chi connectivity index (χ1v) is 10.5. The molecule has 1 aromatic rings. The fourth-order valence-corrected chi connectivity index (χ4v) is 5.04. The molecule has 138 valence electrons. The zero-order valence-corrected chi connectivity index (χ0v) is 15.5. The average Bonchev–Trinajstić information content (AvgIpc) is 2.97. The van der Waals surface area contributed by atoms with Crippen LogP contribution in [0.4, 0.5) is 0 Å². The molecule has 2 heterocycles. The molecular formula is C18H25NO5S. The van der Waals surface area contributed by atoms with E-state index in [9.17, 15) is 13.2 Å². The van der Waals surface area contributed by atoms with Crippen molar-refractivity contribution in [3.8, 4) is 0 Å². The summed E-state index contributed by atoms with van der Waals surface area (Å²) in [4.78, 5) is 14.2. The SMILES string of the molecule is COCCN(C(=O)/C=C/c1ccc(C2CC2C)o1)C1CCS(=O)(=O)C1. The van der Waals surface area contributed by atoms with Crippen LogP contribution in [0.3, 0.4) is 0 Å². The number of methoxy groups -OCH3 is 1. The molecule has 0 spiro atoms. The smallest absolute Gasteiger partial charge is 0.247 e. The first kappa shape index (κ1) is 18.2. The molecule has 6 nitrogen and oxygen atoms in total. The summed E-state index contributed by atoms with van der Waals surface area (Å²) in [5.74, 6) is 2.74. The molecule has 3 unspecified atom stereocenters.